The number of pyridine rings is 1. The van der Waals surface area contributed by atoms with Crippen LogP contribution in [-0.2, 0) is 4.74 Å². The van der Waals surface area contributed by atoms with Crippen molar-refractivity contribution in [2.75, 3.05) is 6.61 Å². The van der Waals surface area contributed by atoms with Gasteiger partial charge in [0.1, 0.15) is 0 Å². The molecule has 0 amide bonds. The number of ether oxygens (including phenoxy) is 1. The first-order valence-electron chi connectivity index (χ1n) is 3.47. The summed E-state index contributed by atoms with van der Waals surface area (Å²) in [7, 11) is 0. The zero-order valence-corrected chi connectivity index (χ0v) is 7.41. The normalized spacial score (nSPS) is 8.92. The van der Waals surface area contributed by atoms with Gasteiger partial charge in [-0.15, -0.1) is 6.42 Å². The second-order valence-corrected chi connectivity index (χ2v) is 2.52. The van der Waals surface area contributed by atoms with Crippen LogP contribution >= 0.6 is 11.6 Å². The van der Waals surface area contributed by atoms with Gasteiger partial charge in [0.2, 0.25) is 0 Å². The molecule has 66 valence electrons. The van der Waals surface area contributed by atoms with Crippen molar-refractivity contribution in [1.29, 1.82) is 0 Å². The molecule has 0 saturated carbocycles. The average molecular weight is 196 g/mol. The van der Waals surface area contributed by atoms with Gasteiger partial charge in [-0.05, 0) is 12.1 Å². The summed E-state index contributed by atoms with van der Waals surface area (Å²) >= 11 is 5.68. The van der Waals surface area contributed by atoms with Gasteiger partial charge in [-0.25, -0.2) is 9.78 Å². The number of rotatable bonds is 2. The molecular formula is C9H6ClNO2. The number of terminal acetylenes is 1. The van der Waals surface area contributed by atoms with E-state index < -0.39 is 5.97 Å². The predicted octanol–water partition coefficient (Wildman–Crippen LogP) is 1.53. The summed E-state index contributed by atoms with van der Waals surface area (Å²) in [5.74, 6) is 1.57. The van der Waals surface area contributed by atoms with Crippen LogP contribution in [0, 0.1) is 12.3 Å². The molecule has 0 saturated heterocycles. The highest BCUT2D eigenvalue weighted by Gasteiger charge is 2.11. The lowest BCUT2D eigenvalue weighted by Crippen LogP contribution is -2.07. The first-order chi connectivity index (χ1) is 6.25. The Labute approximate surface area is 80.7 Å². The minimum absolute atomic E-state index is 0.0776. The van der Waals surface area contributed by atoms with E-state index in [1.165, 1.54) is 6.20 Å². The summed E-state index contributed by atoms with van der Waals surface area (Å²) in [6.07, 6.45) is 6.37. The fraction of sp³-hybridized carbons (Fsp3) is 0.111. The molecule has 1 aromatic rings. The maximum absolute atomic E-state index is 11.2. The lowest BCUT2D eigenvalue weighted by Gasteiger charge is -2.00. The Morgan fingerprint density at radius 1 is 1.77 bits per heavy atom. The van der Waals surface area contributed by atoms with Crippen molar-refractivity contribution in [3.8, 4) is 12.3 Å². The van der Waals surface area contributed by atoms with Crippen LogP contribution in [0.4, 0.5) is 0 Å². The predicted molar refractivity (Wildman–Crippen MR) is 48.4 cm³/mol. The van der Waals surface area contributed by atoms with E-state index in [0.29, 0.717) is 0 Å². The number of esters is 1. The molecule has 3 nitrogen and oxygen atoms in total. The third-order valence-electron chi connectivity index (χ3n) is 1.24. The molecule has 4 heteroatoms. The van der Waals surface area contributed by atoms with E-state index in [1.807, 2.05) is 0 Å². The van der Waals surface area contributed by atoms with E-state index >= 15 is 0 Å². The van der Waals surface area contributed by atoms with Crippen molar-refractivity contribution in [3.63, 3.8) is 0 Å². The van der Waals surface area contributed by atoms with Gasteiger partial charge in [0, 0.05) is 6.20 Å². The van der Waals surface area contributed by atoms with Crippen LogP contribution < -0.4 is 0 Å². The maximum atomic E-state index is 11.2. The molecule has 0 spiro atoms. The van der Waals surface area contributed by atoms with E-state index in [1.54, 1.807) is 12.1 Å². The van der Waals surface area contributed by atoms with Gasteiger partial charge in [0.15, 0.2) is 12.3 Å². The number of hydrogen-bond donors (Lipinski definition) is 0. The first-order valence-corrected chi connectivity index (χ1v) is 3.84. The SMILES string of the molecule is C#CCOC(=O)c1ncccc1Cl. The Hall–Kier alpha value is -1.53. The van der Waals surface area contributed by atoms with Gasteiger partial charge in [-0.3, -0.25) is 0 Å². The molecule has 0 atom stereocenters. The molecular weight excluding hydrogens is 190 g/mol. The van der Waals surface area contributed by atoms with Crippen LogP contribution in [0.2, 0.25) is 5.02 Å². The van der Waals surface area contributed by atoms with E-state index in [4.69, 9.17) is 18.0 Å². The molecule has 1 aromatic heterocycles. The molecule has 0 fully saturated rings. The van der Waals surface area contributed by atoms with Crippen molar-refractivity contribution in [2.24, 2.45) is 0 Å². The molecule has 0 unspecified atom stereocenters. The fourth-order valence-corrected chi connectivity index (χ4v) is 0.910. The van der Waals surface area contributed by atoms with Crippen LogP contribution in [0.25, 0.3) is 0 Å². The van der Waals surface area contributed by atoms with Crippen molar-refractivity contribution in [1.82, 2.24) is 4.98 Å². The summed E-state index contributed by atoms with van der Waals surface area (Å²) in [5.41, 5.74) is 0.0828. The third-order valence-corrected chi connectivity index (χ3v) is 1.54. The third kappa shape index (κ3) is 2.46. The second-order valence-electron chi connectivity index (χ2n) is 2.11. The maximum Gasteiger partial charge on any atom is 0.359 e. The minimum atomic E-state index is -0.608. The van der Waals surface area contributed by atoms with Crippen molar-refractivity contribution < 1.29 is 9.53 Å². The molecule has 0 aliphatic rings. The zero-order chi connectivity index (χ0) is 9.68. The van der Waals surface area contributed by atoms with Crippen LogP contribution in [0.5, 0.6) is 0 Å². The van der Waals surface area contributed by atoms with Crippen LogP contribution in [0.3, 0.4) is 0 Å². The highest BCUT2D eigenvalue weighted by molar-refractivity contribution is 6.33. The molecule has 0 N–H and O–H groups in total. The van der Waals surface area contributed by atoms with Gasteiger partial charge >= 0.3 is 5.97 Å². The van der Waals surface area contributed by atoms with Gasteiger partial charge in [0.05, 0.1) is 5.02 Å². The first kappa shape index (κ1) is 9.56. The quantitative estimate of drug-likeness (QED) is 0.531. The Morgan fingerprint density at radius 3 is 3.15 bits per heavy atom. The van der Waals surface area contributed by atoms with Crippen molar-refractivity contribution >= 4 is 17.6 Å². The summed E-state index contributed by atoms with van der Waals surface area (Å²) in [6.45, 7) is -0.0776. The van der Waals surface area contributed by atoms with E-state index in [9.17, 15) is 4.79 Å². The second kappa shape index (κ2) is 4.48. The molecule has 0 radical (unpaired) electrons. The summed E-state index contributed by atoms with van der Waals surface area (Å²) in [4.78, 5) is 14.9. The van der Waals surface area contributed by atoms with E-state index in [2.05, 4.69) is 15.6 Å². The standard InChI is InChI=1S/C9H6ClNO2/c1-2-6-13-9(12)8-7(10)4-3-5-11-8/h1,3-5H,6H2. The van der Waals surface area contributed by atoms with E-state index in [-0.39, 0.29) is 17.3 Å². The Bertz CT molecular complexity index is 357. The molecule has 0 aromatic carbocycles. The topological polar surface area (TPSA) is 39.2 Å². The number of aromatic nitrogens is 1. The highest BCUT2D eigenvalue weighted by atomic mass is 35.5. The van der Waals surface area contributed by atoms with Crippen LogP contribution in [-0.4, -0.2) is 17.6 Å². The van der Waals surface area contributed by atoms with Gasteiger partial charge in [-0.1, -0.05) is 17.5 Å². The summed E-state index contributed by atoms with van der Waals surface area (Å²) in [6, 6.07) is 3.18. The Balaban J connectivity index is 2.78. The number of carbonyl (C=O) groups is 1. The average Bonchev–Trinajstić information content (AvgIpc) is 2.15. The van der Waals surface area contributed by atoms with E-state index in [0.717, 1.165) is 0 Å². The highest BCUT2D eigenvalue weighted by Crippen LogP contribution is 2.12. The van der Waals surface area contributed by atoms with Crippen LogP contribution in [0.15, 0.2) is 18.3 Å². The number of hydrogen-bond acceptors (Lipinski definition) is 3. The number of carbonyl (C=O) groups excluding carboxylic acids is 1. The van der Waals surface area contributed by atoms with Crippen molar-refractivity contribution in [2.45, 2.75) is 0 Å². The lowest BCUT2D eigenvalue weighted by molar-refractivity contribution is 0.0550. The minimum Gasteiger partial charge on any atom is -0.448 e. The Kier molecular flexibility index (Phi) is 3.30. The molecule has 0 aliphatic carbocycles. The van der Waals surface area contributed by atoms with Crippen molar-refractivity contribution in [3.05, 3.63) is 29.0 Å². The van der Waals surface area contributed by atoms with Gasteiger partial charge < -0.3 is 4.74 Å². The largest absolute Gasteiger partial charge is 0.448 e. The van der Waals surface area contributed by atoms with Gasteiger partial charge in [0.25, 0.3) is 0 Å². The smallest absolute Gasteiger partial charge is 0.359 e. The van der Waals surface area contributed by atoms with Crippen LogP contribution in [0.1, 0.15) is 10.5 Å². The summed E-state index contributed by atoms with van der Waals surface area (Å²) in [5, 5.41) is 0.254. The summed E-state index contributed by atoms with van der Waals surface area (Å²) < 4.78 is 4.64. The number of halogens is 1. The molecule has 0 aliphatic heterocycles. The zero-order valence-electron chi connectivity index (χ0n) is 6.66. The fourth-order valence-electron chi connectivity index (χ4n) is 0.711. The lowest BCUT2D eigenvalue weighted by atomic mass is 10.3. The molecule has 1 rings (SSSR count). The van der Waals surface area contributed by atoms with Gasteiger partial charge in [-0.2, -0.15) is 0 Å². The monoisotopic (exact) mass is 195 g/mol. The molecule has 13 heavy (non-hydrogen) atoms. The molecule has 0 bridgehead atoms. The number of nitrogens with zero attached hydrogens (tertiary/aromatic N) is 1. The molecule has 1 heterocycles. The Morgan fingerprint density at radius 2 is 2.54 bits per heavy atom.